The first-order valence-electron chi connectivity index (χ1n) is 6.06. The molecule has 2 aromatic rings. The van der Waals surface area contributed by atoms with Gasteiger partial charge in [0.05, 0.1) is 5.71 Å². The maximum absolute atomic E-state index is 13.1. The fourth-order valence-electron chi connectivity index (χ4n) is 1.74. The molecule has 0 heterocycles. The lowest BCUT2D eigenvalue weighted by Gasteiger charge is -2.06. The molecule has 0 atom stereocenters. The topological polar surface area (TPSA) is 61.7 Å². The third-order valence-corrected chi connectivity index (χ3v) is 2.84. The maximum Gasteiger partial charge on any atom is 0.255 e. The number of halogens is 2. The van der Waals surface area contributed by atoms with Crippen LogP contribution >= 0.6 is 0 Å². The molecule has 21 heavy (non-hydrogen) atoms. The van der Waals surface area contributed by atoms with Gasteiger partial charge in [-0.2, -0.15) is 0 Å². The highest BCUT2D eigenvalue weighted by atomic mass is 19.1. The smallest absolute Gasteiger partial charge is 0.255 e. The van der Waals surface area contributed by atoms with Crippen LogP contribution in [0.4, 0.5) is 14.5 Å². The monoisotopic (exact) mass is 290 g/mol. The van der Waals surface area contributed by atoms with E-state index >= 15 is 0 Å². The van der Waals surface area contributed by atoms with Gasteiger partial charge in [-0.1, -0.05) is 17.3 Å². The zero-order chi connectivity index (χ0) is 15.4. The van der Waals surface area contributed by atoms with Crippen LogP contribution in [-0.2, 0) is 0 Å². The molecule has 0 saturated carbocycles. The van der Waals surface area contributed by atoms with Gasteiger partial charge in [0.2, 0.25) is 0 Å². The van der Waals surface area contributed by atoms with Crippen molar-refractivity contribution >= 4 is 17.3 Å². The molecule has 4 nitrogen and oxygen atoms in total. The van der Waals surface area contributed by atoms with Crippen molar-refractivity contribution in [2.24, 2.45) is 5.16 Å². The van der Waals surface area contributed by atoms with E-state index in [9.17, 15) is 13.6 Å². The Morgan fingerprint density at radius 2 is 1.62 bits per heavy atom. The number of oxime groups is 1. The lowest BCUT2D eigenvalue weighted by atomic mass is 10.1. The average molecular weight is 290 g/mol. The van der Waals surface area contributed by atoms with Gasteiger partial charge >= 0.3 is 0 Å². The van der Waals surface area contributed by atoms with Crippen molar-refractivity contribution in [1.82, 2.24) is 0 Å². The Morgan fingerprint density at radius 3 is 2.14 bits per heavy atom. The number of hydrogen-bond donors (Lipinski definition) is 2. The first-order valence-corrected chi connectivity index (χ1v) is 6.06. The van der Waals surface area contributed by atoms with E-state index in [0.29, 0.717) is 23.0 Å². The van der Waals surface area contributed by atoms with Crippen molar-refractivity contribution in [1.29, 1.82) is 0 Å². The molecule has 2 aromatic carbocycles. The molecule has 0 radical (unpaired) electrons. The number of amides is 1. The second-order valence-electron chi connectivity index (χ2n) is 4.38. The van der Waals surface area contributed by atoms with Gasteiger partial charge in [0.1, 0.15) is 11.6 Å². The van der Waals surface area contributed by atoms with Crippen molar-refractivity contribution in [2.45, 2.75) is 6.92 Å². The second-order valence-corrected chi connectivity index (χ2v) is 4.38. The van der Waals surface area contributed by atoms with Gasteiger partial charge < -0.3 is 10.5 Å². The summed E-state index contributed by atoms with van der Waals surface area (Å²) < 4.78 is 26.1. The largest absolute Gasteiger partial charge is 0.411 e. The molecule has 0 bridgehead atoms. The number of nitrogens with one attached hydrogen (secondary N) is 1. The third-order valence-electron chi connectivity index (χ3n) is 2.84. The van der Waals surface area contributed by atoms with Crippen LogP contribution in [-0.4, -0.2) is 16.8 Å². The Morgan fingerprint density at radius 1 is 1.05 bits per heavy atom. The SMILES string of the molecule is C/C(=N\O)c1ccc(NC(=O)c2cc(F)cc(F)c2)cc1. The number of carbonyl (C=O) groups is 1. The van der Waals surface area contributed by atoms with Crippen LogP contribution in [0.1, 0.15) is 22.8 Å². The van der Waals surface area contributed by atoms with Crippen LogP contribution in [0.25, 0.3) is 0 Å². The number of benzene rings is 2. The number of carbonyl (C=O) groups excluding carboxylic acids is 1. The molecular weight excluding hydrogens is 278 g/mol. The van der Waals surface area contributed by atoms with E-state index in [-0.39, 0.29) is 5.56 Å². The molecular formula is C15H12F2N2O2. The molecule has 0 unspecified atom stereocenters. The van der Waals surface area contributed by atoms with Crippen molar-refractivity contribution in [3.8, 4) is 0 Å². The lowest BCUT2D eigenvalue weighted by Crippen LogP contribution is -2.12. The summed E-state index contributed by atoms with van der Waals surface area (Å²) in [6.45, 7) is 1.63. The molecule has 2 rings (SSSR count). The maximum atomic E-state index is 13.1. The quantitative estimate of drug-likeness (QED) is 0.517. The van der Waals surface area contributed by atoms with Crippen LogP contribution in [0.5, 0.6) is 0 Å². The van der Waals surface area contributed by atoms with Crippen LogP contribution in [0.3, 0.4) is 0 Å². The molecule has 0 aromatic heterocycles. The number of anilines is 1. The summed E-state index contributed by atoms with van der Waals surface area (Å²) in [5.74, 6) is -2.25. The third kappa shape index (κ3) is 3.62. The molecule has 0 saturated heterocycles. The Kier molecular flexibility index (Phi) is 4.27. The summed E-state index contributed by atoms with van der Waals surface area (Å²) in [7, 11) is 0. The lowest BCUT2D eigenvalue weighted by molar-refractivity contribution is 0.102. The normalized spacial score (nSPS) is 11.3. The molecule has 0 aliphatic rings. The first kappa shape index (κ1) is 14.6. The summed E-state index contributed by atoms with van der Waals surface area (Å²) in [5, 5.41) is 14.2. The standard InChI is InChI=1S/C15H12F2N2O2/c1-9(19-21)10-2-4-14(5-3-10)18-15(20)11-6-12(16)8-13(17)7-11/h2-8,21H,1H3,(H,18,20)/b19-9+. The van der Waals surface area contributed by atoms with Gasteiger partial charge in [0.15, 0.2) is 0 Å². The van der Waals surface area contributed by atoms with E-state index in [1.165, 1.54) is 0 Å². The number of nitrogens with zero attached hydrogens (tertiary/aromatic N) is 1. The highest BCUT2D eigenvalue weighted by Gasteiger charge is 2.09. The number of hydrogen-bond acceptors (Lipinski definition) is 3. The van der Waals surface area contributed by atoms with Gasteiger partial charge in [0.25, 0.3) is 5.91 Å². The van der Waals surface area contributed by atoms with E-state index in [2.05, 4.69) is 10.5 Å². The van der Waals surface area contributed by atoms with Gasteiger partial charge in [-0.05, 0) is 36.8 Å². The van der Waals surface area contributed by atoms with Crippen molar-refractivity contribution in [2.75, 3.05) is 5.32 Å². The molecule has 0 aliphatic carbocycles. The highest BCUT2D eigenvalue weighted by molar-refractivity contribution is 6.04. The predicted molar refractivity (Wildman–Crippen MR) is 74.8 cm³/mol. The van der Waals surface area contributed by atoms with Crippen molar-refractivity contribution in [3.05, 3.63) is 65.2 Å². The van der Waals surface area contributed by atoms with Gasteiger partial charge in [0, 0.05) is 17.3 Å². The molecule has 108 valence electrons. The number of rotatable bonds is 3. The molecule has 2 N–H and O–H groups in total. The minimum atomic E-state index is -0.815. The molecule has 0 fully saturated rings. The summed E-state index contributed by atoms with van der Waals surface area (Å²) in [4.78, 5) is 11.9. The highest BCUT2D eigenvalue weighted by Crippen LogP contribution is 2.14. The van der Waals surface area contributed by atoms with Crippen molar-refractivity contribution in [3.63, 3.8) is 0 Å². The zero-order valence-corrected chi connectivity index (χ0v) is 11.1. The Balaban J connectivity index is 2.16. The molecule has 6 heteroatoms. The fraction of sp³-hybridized carbons (Fsp3) is 0.0667. The zero-order valence-electron chi connectivity index (χ0n) is 11.1. The van der Waals surface area contributed by atoms with E-state index in [0.717, 1.165) is 12.1 Å². The summed E-state index contributed by atoms with van der Waals surface area (Å²) in [6, 6.07) is 9.09. The molecule has 0 spiro atoms. The van der Waals surface area contributed by atoms with E-state index in [1.807, 2.05) is 0 Å². The van der Waals surface area contributed by atoms with Gasteiger partial charge in [-0.3, -0.25) is 4.79 Å². The second kappa shape index (κ2) is 6.13. The van der Waals surface area contributed by atoms with Gasteiger partial charge in [-0.15, -0.1) is 0 Å². The molecule has 0 aliphatic heterocycles. The summed E-state index contributed by atoms with van der Waals surface area (Å²) in [5.41, 5.74) is 1.47. The minimum Gasteiger partial charge on any atom is -0.411 e. The Bertz CT molecular complexity index is 677. The minimum absolute atomic E-state index is 0.107. The fourth-order valence-corrected chi connectivity index (χ4v) is 1.74. The van der Waals surface area contributed by atoms with Gasteiger partial charge in [-0.25, -0.2) is 8.78 Å². The average Bonchev–Trinajstić information content (AvgIpc) is 2.46. The summed E-state index contributed by atoms with van der Waals surface area (Å²) >= 11 is 0. The van der Waals surface area contributed by atoms with E-state index in [4.69, 9.17) is 5.21 Å². The van der Waals surface area contributed by atoms with E-state index in [1.54, 1.807) is 31.2 Å². The first-order chi connectivity index (χ1) is 9.99. The molecule has 1 amide bonds. The predicted octanol–water partition coefficient (Wildman–Crippen LogP) is 3.42. The Labute approximate surface area is 119 Å². The van der Waals surface area contributed by atoms with Crippen LogP contribution < -0.4 is 5.32 Å². The van der Waals surface area contributed by atoms with Crippen LogP contribution in [0.2, 0.25) is 0 Å². The van der Waals surface area contributed by atoms with E-state index < -0.39 is 17.5 Å². The van der Waals surface area contributed by atoms with Crippen molar-refractivity contribution < 1.29 is 18.8 Å². The van der Waals surface area contributed by atoms with Crippen LogP contribution in [0.15, 0.2) is 47.6 Å². The Hall–Kier alpha value is -2.76. The van der Waals surface area contributed by atoms with Crippen LogP contribution in [0, 0.1) is 11.6 Å². The summed E-state index contributed by atoms with van der Waals surface area (Å²) in [6.07, 6.45) is 0.